The van der Waals surface area contributed by atoms with Crippen LogP contribution in [0.15, 0.2) is 35.1 Å². The Hall–Kier alpha value is -2.76. The van der Waals surface area contributed by atoms with Gasteiger partial charge in [0.1, 0.15) is 11.5 Å². The standard InChI is InChI=1S/C41H68N2O4/c1-27-29(26-32(40(8,9)10)37(47)35(27)41(11,12)13)19-21-34(45)43-23-17-15-14-16-22-42-33(44)20-18-28-24-30(38(2,3)4)36(46)31(25-28)39(5,6)7/h24-27,29,46-47H,14-23H2,1-13H3,(H,42,44)(H,43,45). The summed E-state index contributed by atoms with van der Waals surface area (Å²) >= 11 is 0. The van der Waals surface area contributed by atoms with Crippen molar-refractivity contribution in [2.75, 3.05) is 13.1 Å². The zero-order valence-electron chi connectivity index (χ0n) is 32.2. The number of carbonyl (C=O) groups is 2. The van der Waals surface area contributed by atoms with E-state index in [9.17, 15) is 19.8 Å². The molecule has 4 N–H and O–H groups in total. The van der Waals surface area contributed by atoms with E-state index in [0.717, 1.165) is 59.9 Å². The number of aliphatic hydroxyl groups excluding tert-OH is 1. The zero-order valence-corrected chi connectivity index (χ0v) is 32.2. The minimum Gasteiger partial charge on any atom is -0.508 e. The quantitative estimate of drug-likeness (QED) is 0.160. The number of phenolic OH excluding ortho intramolecular Hbond substituents is 1. The van der Waals surface area contributed by atoms with Crippen molar-refractivity contribution < 1.29 is 19.8 Å². The molecule has 2 unspecified atom stereocenters. The lowest BCUT2D eigenvalue weighted by atomic mass is 9.66. The van der Waals surface area contributed by atoms with Crippen molar-refractivity contribution in [3.05, 3.63) is 51.8 Å². The number of rotatable bonds is 13. The number of aromatic hydroxyl groups is 1. The monoisotopic (exact) mass is 653 g/mol. The summed E-state index contributed by atoms with van der Waals surface area (Å²) in [5.74, 6) is 1.36. The van der Waals surface area contributed by atoms with Crippen LogP contribution in [-0.4, -0.2) is 35.1 Å². The third-order valence-corrected chi connectivity index (χ3v) is 9.48. The van der Waals surface area contributed by atoms with Crippen LogP contribution in [0.3, 0.4) is 0 Å². The first-order chi connectivity index (χ1) is 21.4. The van der Waals surface area contributed by atoms with Crippen molar-refractivity contribution in [2.24, 2.45) is 22.7 Å². The van der Waals surface area contributed by atoms with E-state index < -0.39 is 0 Å². The van der Waals surface area contributed by atoms with E-state index in [1.165, 1.54) is 0 Å². The van der Waals surface area contributed by atoms with Crippen LogP contribution in [0.25, 0.3) is 0 Å². The SMILES string of the molecule is CC1C(C(C)(C)C)=C(O)C(C(C)(C)C)=CC1CCC(=O)NCCCCCCNC(=O)CCc1cc(C(C)(C)C)c(O)c(C(C)(C)C)c1. The van der Waals surface area contributed by atoms with Crippen LogP contribution in [0.4, 0.5) is 0 Å². The number of unbranched alkanes of at least 4 members (excludes halogenated alkanes) is 3. The molecule has 0 saturated carbocycles. The molecular weight excluding hydrogens is 584 g/mol. The van der Waals surface area contributed by atoms with Crippen molar-refractivity contribution in [3.63, 3.8) is 0 Å². The van der Waals surface area contributed by atoms with E-state index >= 15 is 0 Å². The molecule has 1 aliphatic carbocycles. The topological polar surface area (TPSA) is 98.7 Å². The lowest BCUT2D eigenvalue weighted by Crippen LogP contribution is -2.31. The number of nitrogens with one attached hydrogen (secondary N) is 2. The number of hydrogen-bond acceptors (Lipinski definition) is 4. The van der Waals surface area contributed by atoms with E-state index in [0.29, 0.717) is 43.9 Å². The molecule has 1 aromatic carbocycles. The van der Waals surface area contributed by atoms with E-state index in [1.54, 1.807) is 0 Å². The van der Waals surface area contributed by atoms with Crippen LogP contribution < -0.4 is 10.6 Å². The maximum absolute atomic E-state index is 12.7. The number of hydrogen-bond donors (Lipinski definition) is 4. The van der Waals surface area contributed by atoms with Crippen LogP contribution in [0.5, 0.6) is 5.75 Å². The molecule has 47 heavy (non-hydrogen) atoms. The Balaban J connectivity index is 1.71. The van der Waals surface area contributed by atoms with Crippen LogP contribution in [0.2, 0.25) is 0 Å². The molecule has 0 aromatic heterocycles. The molecular formula is C41H68N2O4. The van der Waals surface area contributed by atoms with Gasteiger partial charge >= 0.3 is 0 Å². The van der Waals surface area contributed by atoms with Gasteiger partial charge in [0, 0.05) is 25.9 Å². The molecule has 2 amide bonds. The van der Waals surface area contributed by atoms with Gasteiger partial charge in [0.2, 0.25) is 11.8 Å². The zero-order chi connectivity index (χ0) is 36.0. The van der Waals surface area contributed by atoms with Crippen LogP contribution in [-0.2, 0) is 26.8 Å². The van der Waals surface area contributed by atoms with Crippen LogP contribution in [0, 0.1) is 22.7 Å². The minimum atomic E-state index is -0.188. The molecule has 0 heterocycles. The van der Waals surface area contributed by atoms with Gasteiger partial charge in [0.25, 0.3) is 0 Å². The largest absolute Gasteiger partial charge is 0.508 e. The van der Waals surface area contributed by atoms with Gasteiger partial charge in [-0.05, 0) is 87.0 Å². The van der Waals surface area contributed by atoms with Gasteiger partial charge in [-0.25, -0.2) is 0 Å². The highest BCUT2D eigenvalue weighted by Crippen LogP contribution is 2.47. The predicted octanol–water partition coefficient (Wildman–Crippen LogP) is 9.59. The number of aliphatic hydroxyl groups is 1. The van der Waals surface area contributed by atoms with Crippen molar-refractivity contribution in [1.29, 1.82) is 0 Å². The second-order valence-corrected chi connectivity index (χ2v) is 18.0. The van der Waals surface area contributed by atoms with E-state index in [4.69, 9.17) is 0 Å². The first-order valence-electron chi connectivity index (χ1n) is 18.0. The van der Waals surface area contributed by atoms with Gasteiger partial charge in [-0.3, -0.25) is 9.59 Å². The predicted molar refractivity (Wildman–Crippen MR) is 197 cm³/mol. The molecule has 6 heteroatoms. The summed E-state index contributed by atoms with van der Waals surface area (Å²) in [7, 11) is 0. The first kappa shape index (κ1) is 40.4. The Morgan fingerprint density at radius 3 is 1.57 bits per heavy atom. The van der Waals surface area contributed by atoms with Gasteiger partial charge in [-0.15, -0.1) is 0 Å². The molecule has 6 nitrogen and oxygen atoms in total. The summed E-state index contributed by atoms with van der Waals surface area (Å²) in [6.45, 7) is 29.0. The summed E-state index contributed by atoms with van der Waals surface area (Å²) in [4.78, 5) is 25.3. The van der Waals surface area contributed by atoms with Crippen molar-refractivity contribution in [1.82, 2.24) is 10.6 Å². The molecule has 0 saturated heterocycles. The Morgan fingerprint density at radius 1 is 0.681 bits per heavy atom. The Morgan fingerprint density at radius 2 is 1.15 bits per heavy atom. The fraction of sp³-hybridized carbons (Fsp3) is 0.707. The summed E-state index contributed by atoms with van der Waals surface area (Å²) in [6, 6.07) is 4.11. The molecule has 0 spiro atoms. The molecule has 2 atom stereocenters. The number of amides is 2. The first-order valence-corrected chi connectivity index (χ1v) is 18.0. The lowest BCUT2D eigenvalue weighted by Gasteiger charge is -2.40. The number of benzene rings is 1. The van der Waals surface area contributed by atoms with Crippen molar-refractivity contribution >= 4 is 11.8 Å². The second kappa shape index (κ2) is 16.1. The molecule has 0 fully saturated rings. The third-order valence-electron chi connectivity index (χ3n) is 9.48. The highest BCUT2D eigenvalue weighted by Gasteiger charge is 2.38. The summed E-state index contributed by atoms with van der Waals surface area (Å²) in [5, 5.41) is 28.3. The maximum atomic E-state index is 12.7. The highest BCUT2D eigenvalue weighted by molar-refractivity contribution is 5.76. The average molecular weight is 653 g/mol. The highest BCUT2D eigenvalue weighted by atomic mass is 16.3. The molecule has 0 radical (unpaired) electrons. The van der Waals surface area contributed by atoms with Gasteiger partial charge in [-0.2, -0.15) is 0 Å². The Bertz CT molecular complexity index is 1260. The van der Waals surface area contributed by atoms with E-state index in [-0.39, 0.29) is 45.3 Å². The number of carbonyl (C=O) groups excluding carboxylic acids is 2. The maximum Gasteiger partial charge on any atom is 0.220 e. The fourth-order valence-corrected chi connectivity index (χ4v) is 6.76. The third kappa shape index (κ3) is 12.0. The lowest BCUT2D eigenvalue weighted by molar-refractivity contribution is -0.122. The molecule has 0 aliphatic heterocycles. The Kier molecular flexibility index (Phi) is 13.8. The fourth-order valence-electron chi connectivity index (χ4n) is 6.76. The number of aryl methyl sites for hydroxylation is 1. The van der Waals surface area contributed by atoms with E-state index in [1.807, 2.05) is 0 Å². The molecule has 0 bridgehead atoms. The minimum absolute atomic E-state index is 0.0528. The summed E-state index contributed by atoms with van der Waals surface area (Å²) in [5.41, 5.74) is 4.34. The molecule has 1 aromatic rings. The van der Waals surface area contributed by atoms with Crippen LogP contribution >= 0.6 is 0 Å². The van der Waals surface area contributed by atoms with Gasteiger partial charge in [0.15, 0.2) is 0 Å². The molecule has 266 valence electrons. The van der Waals surface area contributed by atoms with Gasteiger partial charge in [0.05, 0.1) is 0 Å². The normalized spacial score (nSPS) is 17.9. The number of phenols is 1. The van der Waals surface area contributed by atoms with Crippen molar-refractivity contribution in [3.8, 4) is 5.75 Å². The summed E-state index contributed by atoms with van der Waals surface area (Å²) < 4.78 is 0. The van der Waals surface area contributed by atoms with E-state index in [2.05, 4.69) is 119 Å². The number of allylic oxidation sites excluding steroid dienone is 3. The smallest absolute Gasteiger partial charge is 0.220 e. The second-order valence-electron chi connectivity index (χ2n) is 18.0. The van der Waals surface area contributed by atoms with Crippen molar-refractivity contribution in [2.45, 2.75) is 152 Å². The van der Waals surface area contributed by atoms with Crippen LogP contribution in [0.1, 0.15) is 152 Å². The average Bonchev–Trinajstić information content (AvgIpc) is 2.90. The Labute approximate surface area is 287 Å². The summed E-state index contributed by atoms with van der Waals surface area (Å²) in [6.07, 6.45) is 8.36. The van der Waals surface area contributed by atoms with Gasteiger partial charge < -0.3 is 20.8 Å². The molecule has 1 aliphatic rings. The molecule has 2 rings (SSSR count). The van der Waals surface area contributed by atoms with Gasteiger partial charge in [-0.1, -0.05) is 121 Å².